The van der Waals surface area contributed by atoms with Crippen molar-refractivity contribution < 1.29 is 13.2 Å². The Morgan fingerprint density at radius 3 is 2.76 bits per heavy atom. The highest BCUT2D eigenvalue weighted by Gasteiger charge is 2.32. The number of aromatic nitrogens is 1. The molecule has 0 amide bonds. The number of ether oxygens (including phenoxy) is 1. The summed E-state index contributed by atoms with van der Waals surface area (Å²) in [7, 11) is -3.39. The van der Waals surface area contributed by atoms with Crippen LogP contribution in [-0.2, 0) is 14.8 Å². The van der Waals surface area contributed by atoms with Crippen molar-refractivity contribution in [1.29, 1.82) is 0 Å². The second-order valence-electron chi connectivity index (χ2n) is 6.29. The number of hydrogen-bond donors (Lipinski definition) is 0. The van der Waals surface area contributed by atoms with Crippen LogP contribution >= 0.6 is 0 Å². The molecule has 0 N–H and O–H groups in total. The van der Waals surface area contributed by atoms with E-state index in [0.29, 0.717) is 18.8 Å². The highest BCUT2D eigenvalue weighted by Crippen LogP contribution is 2.31. The first-order valence-corrected chi connectivity index (χ1v) is 8.97. The van der Waals surface area contributed by atoms with E-state index in [1.165, 1.54) is 4.31 Å². The summed E-state index contributed by atoms with van der Waals surface area (Å²) in [6, 6.07) is 3.51. The molecule has 1 aromatic rings. The third kappa shape index (κ3) is 4.17. The number of rotatable bonds is 5. The second kappa shape index (κ2) is 6.32. The monoisotopic (exact) mass is 312 g/mol. The van der Waals surface area contributed by atoms with Crippen molar-refractivity contribution in [2.24, 2.45) is 5.41 Å². The van der Waals surface area contributed by atoms with Crippen LogP contribution in [0.15, 0.2) is 24.5 Å². The minimum atomic E-state index is -3.39. The van der Waals surface area contributed by atoms with Crippen LogP contribution in [0.25, 0.3) is 0 Å². The average molecular weight is 312 g/mol. The molecule has 1 aliphatic heterocycles. The van der Waals surface area contributed by atoms with E-state index in [9.17, 15) is 8.42 Å². The lowest BCUT2D eigenvalue weighted by Crippen LogP contribution is -2.41. The van der Waals surface area contributed by atoms with Gasteiger partial charge in [-0.1, -0.05) is 13.8 Å². The minimum absolute atomic E-state index is 0.0335. The molecule has 5 nitrogen and oxygen atoms in total. The normalized spacial score (nSPS) is 22.0. The number of nitrogens with zero attached hydrogens (tertiary/aromatic N) is 2. The number of anilines is 1. The molecule has 0 aromatic carbocycles. The zero-order valence-electron chi connectivity index (χ0n) is 12.9. The van der Waals surface area contributed by atoms with Crippen LogP contribution in [0.4, 0.5) is 5.69 Å². The van der Waals surface area contributed by atoms with Crippen LogP contribution in [0.3, 0.4) is 0 Å². The van der Waals surface area contributed by atoms with Gasteiger partial charge in [0.2, 0.25) is 10.0 Å². The molecule has 1 aliphatic rings. The van der Waals surface area contributed by atoms with E-state index in [4.69, 9.17) is 4.74 Å². The molecule has 6 heteroatoms. The summed E-state index contributed by atoms with van der Waals surface area (Å²) in [5.41, 5.74) is 0.754. The van der Waals surface area contributed by atoms with Gasteiger partial charge in [-0.05, 0) is 37.3 Å². The van der Waals surface area contributed by atoms with E-state index in [1.54, 1.807) is 24.5 Å². The molecule has 1 aromatic heterocycles. The first-order chi connectivity index (χ1) is 9.84. The zero-order valence-corrected chi connectivity index (χ0v) is 13.8. The molecule has 2 rings (SSSR count). The molecular formula is C15H24N2O3S. The smallest absolute Gasteiger partial charge is 0.237 e. The quantitative estimate of drug-likeness (QED) is 0.838. The van der Waals surface area contributed by atoms with Crippen LogP contribution in [0, 0.1) is 5.41 Å². The summed E-state index contributed by atoms with van der Waals surface area (Å²) >= 11 is 0. The number of pyridine rings is 1. The molecular weight excluding hydrogens is 288 g/mol. The molecule has 1 saturated heterocycles. The van der Waals surface area contributed by atoms with E-state index in [2.05, 4.69) is 18.8 Å². The Morgan fingerprint density at radius 1 is 1.48 bits per heavy atom. The summed E-state index contributed by atoms with van der Waals surface area (Å²) in [5, 5.41) is 0. The van der Waals surface area contributed by atoms with Gasteiger partial charge in [-0.25, -0.2) is 8.42 Å². The molecule has 21 heavy (non-hydrogen) atoms. The summed E-state index contributed by atoms with van der Waals surface area (Å²) < 4.78 is 32.4. The van der Waals surface area contributed by atoms with Gasteiger partial charge in [-0.2, -0.15) is 0 Å². The van der Waals surface area contributed by atoms with Crippen molar-refractivity contribution in [1.82, 2.24) is 4.98 Å². The fourth-order valence-corrected chi connectivity index (χ4v) is 4.28. The maximum absolute atomic E-state index is 12.6. The molecule has 1 fully saturated rings. The number of hydrogen-bond acceptors (Lipinski definition) is 4. The van der Waals surface area contributed by atoms with Gasteiger partial charge in [0, 0.05) is 12.7 Å². The SMILES string of the molecule is CCN(c1cccnc1)S(=O)(=O)CC1CCC(C)(C)CO1. The van der Waals surface area contributed by atoms with Crippen molar-refractivity contribution in [3.8, 4) is 0 Å². The molecule has 0 bridgehead atoms. The fourth-order valence-electron chi connectivity index (χ4n) is 2.55. The predicted molar refractivity (Wildman–Crippen MR) is 83.8 cm³/mol. The standard InChI is InChI=1S/C15H24N2O3S/c1-4-17(13-6-5-9-16-10-13)21(18,19)11-14-7-8-15(2,3)12-20-14/h5-6,9-10,14H,4,7-8,11-12H2,1-3H3. The molecule has 2 heterocycles. The Hall–Kier alpha value is -1.14. The largest absolute Gasteiger partial charge is 0.377 e. The van der Waals surface area contributed by atoms with Crippen LogP contribution in [0.2, 0.25) is 0 Å². The van der Waals surface area contributed by atoms with Crippen molar-refractivity contribution in [2.45, 2.75) is 39.7 Å². The van der Waals surface area contributed by atoms with Gasteiger partial charge in [0.25, 0.3) is 0 Å². The van der Waals surface area contributed by atoms with E-state index >= 15 is 0 Å². The Bertz CT molecular complexity index is 548. The lowest BCUT2D eigenvalue weighted by Gasteiger charge is -2.35. The topological polar surface area (TPSA) is 59.5 Å². The third-order valence-electron chi connectivity index (χ3n) is 3.81. The Balaban J connectivity index is 2.07. The average Bonchev–Trinajstić information content (AvgIpc) is 2.43. The summed E-state index contributed by atoms with van der Waals surface area (Å²) in [5.74, 6) is 0.0335. The van der Waals surface area contributed by atoms with Crippen LogP contribution in [0.5, 0.6) is 0 Å². The van der Waals surface area contributed by atoms with Crippen LogP contribution in [-0.4, -0.2) is 38.4 Å². The minimum Gasteiger partial charge on any atom is -0.377 e. The lowest BCUT2D eigenvalue weighted by atomic mass is 9.86. The van der Waals surface area contributed by atoms with Gasteiger partial charge in [-0.3, -0.25) is 9.29 Å². The van der Waals surface area contributed by atoms with E-state index in [-0.39, 0.29) is 17.3 Å². The molecule has 0 saturated carbocycles. The zero-order chi connectivity index (χ0) is 15.5. The lowest BCUT2D eigenvalue weighted by molar-refractivity contribution is -0.0370. The highest BCUT2D eigenvalue weighted by atomic mass is 32.2. The maximum atomic E-state index is 12.6. The van der Waals surface area contributed by atoms with Gasteiger partial charge in [0.15, 0.2) is 0 Å². The Kier molecular flexibility index (Phi) is 4.88. The molecule has 0 aliphatic carbocycles. The van der Waals surface area contributed by atoms with E-state index in [0.717, 1.165) is 12.8 Å². The fraction of sp³-hybridized carbons (Fsp3) is 0.667. The van der Waals surface area contributed by atoms with Gasteiger partial charge in [0.1, 0.15) is 0 Å². The van der Waals surface area contributed by atoms with Crippen molar-refractivity contribution >= 4 is 15.7 Å². The Labute approximate surface area is 127 Å². The molecule has 0 radical (unpaired) electrons. The van der Waals surface area contributed by atoms with Gasteiger partial charge < -0.3 is 4.74 Å². The molecule has 1 atom stereocenters. The van der Waals surface area contributed by atoms with E-state index < -0.39 is 10.0 Å². The number of sulfonamides is 1. The third-order valence-corrected chi connectivity index (χ3v) is 5.74. The molecule has 1 unspecified atom stereocenters. The van der Waals surface area contributed by atoms with Crippen molar-refractivity contribution in [3.63, 3.8) is 0 Å². The first kappa shape index (κ1) is 16.2. The van der Waals surface area contributed by atoms with E-state index in [1.807, 2.05) is 6.92 Å². The summed E-state index contributed by atoms with van der Waals surface area (Å²) in [4.78, 5) is 4.00. The predicted octanol–water partition coefficient (Wildman–Crippen LogP) is 2.44. The molecule has 118 valence electrons. The van der Waals surface area contributed by atoms with Gasteiger partial charge >= 0.3 is 0 Å². The summed E-state index contributed by atoms with van der Waals surface area (Å²) in [6.07, 6.45) is 4.78. The van der Waals surface area contributed by atoms with Gasteiger partial charge in [0.05, 0.1) is 30.3 Å². The van der Waals surface area contributed by atoms with Crippen LogP contribution in [0.1, 0.15) is 33.6 Å². The first-order valence-electron chi connectivity index (χ1n) is 7.36. The summed E-state index contributed by atoms with van der Waals surface area (Å²) in [6.45, 7) is 7.13. The maximum Gasteiger partial charge on any atom is 0.237 e. The Morgan fingerprint density at radius 2 is 2.24 bits per heavy atom. The van der Waals surface area contributed by atoms with Gasteiger partial charge in [-0.15, -0.1) is 0 Å². The second-order valence-corrected chi connectivity index (χ2v) is 8.23. The highest BCUT2D eigenvalue weighted by molar-refractivity contribution is 7.92. The van der Waals surface area contributed by atoms with Crippen LogP contribution < -0.4 is 4.31 Å². The van der Waals surface area contributed by atoms with Crippen molar-refractivity contribution in [2.75, 3.05) is 23.2 Å². The molecule has 0 spiro atoms. The van der Waals surface area contributed by atoms with Crippen molar-refractivity contribution in [3.05, 3.63) is 24.5 Å².